The number of benzene rings is 3. The van der Waals surface area contributed by atoms with Gasteiger partial charge in [-0.1, -0.05) is 36.4 Å². The van der Waals surface area contributed by atoms with E-state index in [1.165, 1.54) is 14.2 Å². The van der Waals surface area contributed by atoms with Gasteiger partial charge in [-0.2, -0.15) is 0 Å². The molecule has 0 aliphatic heterocycles. The van der Waals surface area contributed by atoms with Crippen molar-refractivity contribution in [2.75, 3.05) is 24.9 Å². The summed E-state index contributed by atoms with van der Waals surface area (Å²) in [5.41, 5.74) is 0.749. The minimum Gasteiger partial charge on any atom is -0.494 e. The van der Waals surface area contributed by atoms with Crippen LogP contribution in [-0.4, -0.2) is 38.2 Å². The van der Waals surface area contributed by atoms with E-state index in [2.05, 4.69) is 10.6 Å². The molecule has 2 atom stereocenters. The molecular weight excluding hydrogens is 436 g/mol. The number of nitrogens with one attached hydrogen (secondary N) is 2. The molecule has 0 spiro atoms. The molecule has 34 heavy (non-hydrogen) atoms. The van der Waals surface area contributed by atoms with Crippen molar-refractivity contribution >= 4 is 23.2 Å². The van der Waals surface area contributed by atoms with Crippen molar-refractivity contribution in [3.63, 3.8) is 0 Å². The first-order valence-electron chi connectivity index (χ1n) is 10.7. The summed E-state index contributed by atoms with van der Waals surface area (Å²) in [5, 5.41) is 5.57. The number of carbonyl (C=O) groups is 2. The van der Waals surface area contributed by atoms with Crippen LogP contribution in [0.3, 0.4) is 0 Å². The monoisotopic (exact) mass is 464 g/mol. The van der Waals surface area contributed by atoms with Gasteiger partial charge < -0.3 is 29.6 Å². The zero-order valence-electron chi connectivity index (χ0n) is 19.5. The summed E-state index contributed by atoms with van der Waals surface area (Å²) >= 11 is 0. The Morgan fingerprint density at radius 3 is 1.32 bits per heavy atom. The van der Waals surface area contributed by atoms with Crippen LogP contribution in [0.1, 0.15) is 13.8 Å². The number of anilines is 2. The van der Waals surface area contributed by atoms with Crippen molar-refractivity contribution in [1.82, 2.24) is 0 Å². The highest BCUT2D eigenvalue weighted by Gasteiger charge is 2.21. The van der Waals surface area contributed by atoms with Gasteiger partial charge in [-0.25, -0.2) is 0 Å². The number of rotatable bonds is 10. The van der Waals surface area contributed by atoms with E-state index in [1.807, 2.05) is 36.4 Å². The predicted molar refractivity (Wildman–Crippen MR) is 130 cm³/mol. The maximum Gasteiger partial charge on any atom is 0.265 e. The van der Waals surface area contributed by atoms with E-state index in [9.17, 15) is 9.59 Å². The molecule has 3 rings (SSSR count). The van der Waals surface area contributed by atoms with Gasteiger partial charge in [-0.05, 0) is 38.1 Å². The van der Waals surface area contributed by atoms with Crippen molar-refractivity contribution in [1.29, 1.82) is 0 Å². The summed E-state index contributed by atoms with van der Waals surface area (Å²) in [6, 6.07) is 21.3. The normalized spacial score (nSPS) is 12.1. The SMILES string of the molecule is COc1cc(NC(=O)[C@H](C)Oc2ccccc2)c(OC)cc1NC(=O)[C@H](C)Oc1ccccc1. The third kappa shape index (κ3) is 6.41. The van der Waals surface area contributed by atoms with E-state index in [0.717, 1.165) is 0 Å². The number of amides is 2. The Kier molecular flexibility index (Phi) is 8.34. The van der Waals surface area contributed by atoms with E-state index in [1.54, 1.807) is 50.2 Å². The lowest BCUT2D eigenvalue weighted by atomic mass is 10.2. The summed E-state index contributed by atoms with van der Waals surface area (Å²) in [6.45, 7) is 3.30. The van der Waals surface area contributed by atoms with Crippen LogP contribution in [0.4, 0.5) is 11.4 Å². The molecule has 0 aliphatic rings. The summed E-state index contributed by atoms with van der Waals surface area (Å²) in [6.07, 6.45) is -1.51. The number of hydrogen-bond donors (Lipinski definition) is 2. The van der Waals surface area contributed by atoms with E-state index in [4.69, 9.17) is 18.9 Å². The van der Waals surface area contributed by atoms with Gasteiger partial charge in [0.2, 0.25) is 0 Å². The van der Waals surface area contributed by atoms with Crippen LogP contribution < -0.4 is 29.6 Å². The van der Waals surface area contributed by atoms with E-state index in [0.29, 0.717) is 34.4 Å². The molecule has 0 radical (unpaired) electrons. The van der Waals surface area contributed by atoms with Gasteiger partial charge in [0, 0.05) is 12.1 Å². The lowest BCUT2D eigenvalue weighted by molar-refractivity contribution is -0.122. The van der Waals surface area contributed by atoms with Crippen LogP contribution in [0.15, 0.2) is 72.8 Å². The van der Waals surface area contributed by atoms with Gasteiger partial charge in [0.15, 0.2) is 12.2 Å². The summed E-state index contributed by atoms with van der Waals surface area (Å²) < 4.78 is 22.2. The van der Waals surface area contributed by atoms with Gasteiger partial charge in [0.05, 0.1) is 25.6 Å². The van der Waals surface area contributed by atoms with E-state index < -0.39 is 12.2 Å². The average molecular weight is 465 g/mol. The first-order valence-corrected chi connectivity index (χ1v) is 10.7. The standard InChI is InChI=1S/C26H28N2O6/c1-17(33-19-11-7-5-8-12-19)25(29)27-21-15-24(32-4)22(16-23(21)31-3)28-26(30)18(2)34-20-13-9-6-10-14-20/h5-18H,1-4H3,(H,27,29)(H,28,30)/t17-,18-/m0/s1. The fourth-order valence-electron chi connectivity index (χ4n) is 3.08. The third-order valence-corrected chi connectivity index (χ3v) is 4.89. The third-order valence-electron chi connectivity index (χ3n) is 4.89. The molecule has 3 aromatic carbocycles. The maximum atomic E-state index is 12.7. The Labute approximate surface area is 198 Å². The van der Waals surface area contributed by atoms with E-state index >= 15 is 0 Å². The topological polar surface area (TPSA) is 95.1 Å². The molecule has 8 heteroatoms. The highest BCUT2D eigenvalue weighted by Crippen LogP contribution is 2.36. The molecule has 0 fully saturated rings. The Morgan fingerprint density at radius 2 is 1.00 bits per heavy atom. The van der Waals surface area contributed by atoms with Crippen LogP contribution in [0, 0.1) is 0 Å². The van der Waals surface area contributed by atoms with Gasteiger partial charge >= 0.3 is 0 Å². The molecule has 2 N–H and O–H groups in total. The first kappa shape index (κ1) is 24.4. The molecule has 2 amide bonds. The molecule has 0 heterocycles. The molecule has 0 aliphatic carbocycles. The van der Waals surface area contributed by atoms with Crippen molar-refractivity contribution in [3.8, 4) is 23.0 Å². The fraction of sp³-hybridized carbons (Fsp3) is 0.231. The molecule has 8 nitrogen and oxygen atoms in total. The minimum atomic E-state index is -0.756. The second-order valence-corrected chi connectivity index (χ2v) is 7.38. The summed E-state index contributed by atoms with van der Waals surface area (Å²) in [4.78, 5) is 25.4. The van der Waals surface area contributed by atoms with Crippen LogP contribution >= 0.6 is 0 Å². The lowest BCUT2D eigenvalue weighted by Gasteiger charge is -2.19. The zero-order valence-corrected chi connectivity index (χ0v) is 19.5. The summed E-state index contributed by atoms with van der Waals surface area (Å²) in [7, 11) is 2.93. The second kappa shape index (κ2) is 11.6. The Balaban J connectivity index is 1.71. The highest BCUT2D eigenvalue weighted by molar-refractivity contribution is 5.99. The van der Waals surface area contributed by atoms with Crippen LogP contribution in [0.2, 0.25) is 0 Å². The average Bonchev–Trinajstić information content (AvgIpc) is 2.85. The molecule has 0 saturated carbocycles. The van der Waals surface area contributed by atoms with Crippen LogP contribution in [0.5, 0.6) is 23.0 Å². The fourth-order valence-corrected chi connectivity index (χ4v) is 3.08. The molecule has 0 bridgehead atoms. The smallest absolute Gasteiger partial charge is 0.265 e. The largest absolute Gasteiger partial charge is 0.494 e. The number of methoxy groups -OCH3 is 2. The summed E-state index contributed by atoms with van der Waals surface area (Å²) in [5.74, 6) is 1.11. The molecule has 0 aromatic heterocycles. The molecule has 0 unspecified atom stereocenters. The number of carbonyl (C=O) groups excluding carboxylic acids is 2. The van der Waals surface area contributed by atoms with Crippen molar-refractivity contribution < 1.29 is 28.5 Å². The quantitative estimate of drug-likeness (QED) is 0.458. The van der Waals surface area contributed by atoms with Gasteiger partial charge in [-0.3, -0.25) is 9.59 Å². The van der Waals surface area contributed by atoms with Crippen LogP contribution in [0.25, 0.3) is 0 Å². The maximum absolute atomic E-state index is 12.7. The Hall–Kier alpha value is -4.20. The minimum absolute atomic E-state index is 0.341. The van der Waals surface area contributed by atoms with Gasteiger partial charge in [0.1, 0.15) is 23.0 Å². The predicted octanol–water partition coefficient (Wildman–Crippen LogP) is 4.52. The highest BCUT2D eigenvalue weighted by atomic mass is 16.5. The van der Waals surface area contributed by atoms with Crippen molar-refractivity contribution in [2.45, 2.75) is 26.1 Å². The van der Waals surface area contributed by atoms with Gasteiger partial charge in [-0.15, -0.1) is 0 Å². The zero-order chi connectivity index (χ0) is 24.5. The number of para-hydroxylation sites is 2. The molecule has 178 valence electrons. The lowest BCUT2D eigenvalue weighted by Crippen LogP contribution is -2.31. The first-order chi connectivity index (χ1) is 16.4. The second-order valence-electron chi connectivity index (χ2n) is 7.38. The van der Waals surface area contributed by atoms with E-state index in [-0.39, 0.29) is 11.8 Å². The molecule has 0 saturated heterocycles. The number of hydrogen-bond acceptors (Lipinski definition) is 6. The molecule has 3 aromatic rings. The van der Waals surface area contributed by atoms with Crippen molar-refractivity contribution in [3.05, 3.63) is 72.8 Å². The van der Waals surface area contributed by atoms with Gasteiger partial charge in [0.25, 0.3) is 11.8 Å². The van der Waals surface area contributed by atoms with Crippen LogP contribution in [-0.2, 0) is 9.59 Å². The molecular formula is C26H28N2O6. The number of ether oxygens (including phenoxy) is 4. The Bertz CT molecular complexity index is 1020. The Morgan fingerprint density at radius 1 is 0.647 bits per heavy atom. The van der Waals surface area contributed by atoms with Crippen molar-refractivity contribution in [2.24, 2.45) is 0 Å².